The lowest BCUT2D eigenvalue weighted by atomic mass is 9.85. The molecule has 0 amide bonds. The average Bonchev–Trinajstić information content (AvgIpc) is 2.55. The first-order chi connectivity index (χ1) is 5.70. The summed E-state index contributed by atoms with van der Waals surface area (Å²) in [6.45, 7) is 4.44. The highest BCUT2D eigenvalue weighted by Crippen LogP contribution is 2.55. The van der Waals surface area contributed by atoms with E-state index >= 15 is 0 Å². The first-order valence-electron chi connectivity index (χ1n) is 4.77. The van der Waals surface area contributed by atoms with Crippen molar-refractivity contribution in [2.24, 2.45) is 5.92 Å². The molecule has 2 heterocycles. The first kappa shape index (κ1) is 6.96. The molecule has 0 aromatic heterocycles. The number of hydrogen-bond donors (Lipinski definition) is 0. The van der Waals surface area contributed by atoms with Crippen molar-refractivity contribution >= 4 is 0 Å². The van der Waals surface area contributed by atoms with Gasteiger partial charge in [-0.15, -0.1) is 0 Å². The van der Waals surface area contributed by atoms with E-state index in [1.807, 2.05) is 0 Å². The Morgan fingerprint density at radius 2 is 2.33 bits per heavy atom. The van der Waals surface area contributed by atoms with Crippen LogP contribution >= 0.6 is 0 Å². The van der Waals surface area contributed by atoms with Crippen LogP contribution in [-0.4, -0.2) is 11.9 Å². The summed E-state index contributed by atoms with van der Waals surface area (Å²) in [4.78, 5) is 0. The maximum Gasteiger partial charge on any atom is 0.233 e. The Morgan fingerprint density at radius 3 is 3.17 bits per heavy atom. The number of allylic oxidation sites excluding steroid dienone is 1. The molecule has 0 aromatic carbocycles. The van der Waals surface area contributed by atoms with Crippen LogP contribution in [0.5, 0.6) is 0 Å². The molecule has 2 nitrogen and oxygen atoms in total. The van der Waals surface area contributed by atoms with E-state index < -0.39 is 0 Å². The lowest BCUT2D eigenvalue weighted by Gasteiger charge is -2.21. The van der Waals surface area contributed by atoms with Crippen LogP contribution in [0.4, 0.5) is 0 Å². The number of epoxide rings is 1. The highest BCUT2D eigenvalue weighted by molar-refractivity contribution is 5.34. The maximum absolute atomic E-state index is 5.67. The van der Waals surface area contributed by atoms with Crippen LogP contribution in [0.25, 0.3) is 0 Å². The van der Waals surface area contributed by atoms with Gasteiger partial charge >= 0.3 is 0 Å². The Balaban J connectivity index is 1.95. The van der Waals surface area contributed by atoms with Gasteiger partial charge in [-0.2, -0.15) is 0 Å². The molecule has 2 heteroatoms. The minimum atomic E-state index is -0.00449. The second-order valence-corrected chi connectivity index (χ2v) is 4.42. The fourth-order valence-electron chi connectivity index (χ4n) is 2.38. The Morgan fingerprint density at radius 1 is 1.50 bits per heavy atom. The predicted octanol–water partition coefficient (Wildman–Crippen LogP) is 2.21. The molecule has 0 radical (unpaired) electrons. The Bertz CT molecular complexity index is 269. The van der Waals surface area contributed by atoms with Crippen molar-refractivity contribution in [3.63, 3.8) is 0 Å². The zero-order chi connectivity index (χ0) is 8.34. The van der Waals surface area contributed by atoms with Crippen molar-refractivity contribution < 1.29 is 9.47 Å². The largest absolute Gasteiger partial charge is 0.466 e. The lowest BCUT2D eigenvalue weighted by Crippen LogP contribution is -2.14. The average molecular weight is 166 g/mol. The number of hydrogen-bond acceptors (Lipinski definition) is 2. The smallest absolute Gasteiger partial charge is 0.233 e. The van der Waals surface area contributed by atoms with E-state index in [1.54, 1.807) is 0 Å². The second kappa shape index (κ2) is 1.87. The molecule has 3 rings (SSSR count). The van der Waals surface area contributed by atoms with Gasteiger partial charge in [0.15, 0.2) is 5.60 Å². The summed E-state index contributed by atoms with van der Waals surface area (Å²) in [6.07, 6.45) is 3.69. The summed E-state index contributed by atoms with van der Waals surface area (Å²) in [5.74, 6) is 2.04. The van der Waals surface area contributed by atoms with E-state index in [1.165, 1.54) is 24.2 Å². The molecular weight excluding hydrogens is 152 g/mol. The molecule has 3 aliphatic rings. The van der Waals surface area contributed by atoms with Crippen molar-refractivity contribution in [3.05, 3.63) is 11.3 Å². The quantitative estimate of drug-likeness (QED) is 0.514. The standard InChI is InChI=1S/C10H14O2/c1-6-3-4-7-8(5-6)11-9-10(7,2)12-9/h6,9H,3-5H2,1-2H3/t6-,9+,10-/m1/s1. The van der Waals surface area contributed by atoms with Crippen LogP contribution in [0.3, 0.4) is 0 Å². The Hall–Kier alpha value is -0.500. The van der Waals surface area contributed by atoms with E-state index in [4.69, 9.17) is 9.47 Å². The van der Waals surface area contributed by atoms with E-state index in [0.717, 1.165) is 12.3 Å². The van der Waals surface area contributed by atoms with Crippen molar-refractivity contribution in [2.75, 3.05) is 0 Å². The van der Waals surface area contributed by atoms with E-state index in [-0.39, 0.29) is 11.9 Å². The van der Waals surface area contributed by atoms with Gasteiger partial charge in [-0.05, 0) is 25.7 Å². The minimum absolute atomic E-state index is 0.00449. The topological polar surface area (TPSA) is 21.8 Å². The van der Waals surface area contributed by atoms with Gasteiger partial charge in [0.05, 0.1) is 0 Å². The molecule has 0 aromatic rings. The van der Waals surface area contributed by atoms with Gasteiger partial charge in [0, 0.05) is 12.0 Å². The van der Waals surface area contributed by atoms with Crippen LogP contribution in [0.1, 0.15) is 33.1 Å². The van der Waals surface area contributed by atoms with Crippen LogP contribution in [0, 0.1) is 5.92 Å². The first-order valence-corrected chi connectivity index (χ1v) is 4.77. The fraction of sp³-hybridized carbons (Fsp3) is 0.800. The van der Waals surface area contributed by atoms with Crippen molar-refractivity contribution in [1.29, 1.82) is 0 Å². The molecule has 0 unspecified atom stereocenters. The van der Waals surface area contributed by atoms with Gasteiger partial charge < -0.3 is 9.47 Å². The molecule has 12 heavy (non-hydrogen) atoms. The SMILES string of the molecule is C[C@@H]1CCC2=C(C1)O[C@H]1O[C@]21C. The molecule has 3 atom stereocenters. The second-order valence-electron chi connectivity index (χ2n) is 4.42. The third kappa shape index (κ3) is 0.692. The summed E-state index contributed by atoms with van der Waals surface area (Å²) in [5, 5.41) is 0. The Labute approximate surface area is 72.5 Å². The minimum Gasteiger partial charge on any atom is -0.466 e. The Kier molecular flexibility index (Phi) is 1.09. The zero-order valence-electron chi connectivity index (χ0n) is 7.59. The summed E-state index contributed by atoms with van der Waals surface area (Å²) >= 11 is 0. The summed E-state index contributed by atoms with van der Waals surface area (Å²) in [6, 6.07) is 0. The molecule has 1 fully saturated rings. The summed E-state index contributed by atoms with van der Waals surface area (Å²) in [5.41, 5.74) is 1.45. The summed E-state index contributed by atoms with van der Waals surface area (Å²) in [7, 11) is 0. The van der Waals surface area contributed by atoms with Crippen LogP contribution < -0.4 is 0 Å². The van der Waals surface area contributed by atoms with E-state index in [9.17, 15) is 0 Å². The fourth-order valence-corrected chi connectivity index (χ4v) is 2.38. The maximum atomic E-state index is 5.67. The molecule has 0 spiro atoms. The normalized spacial score (nSPS) is 49.8. The van der Waals surface area contributed by atoms with E-state index in [0.29, 0.717) is 0 Å². The molecule has 0 saturated carbocycles. The lowest BCUT2D eigenvalue weighted by molar-refractivity contribution is 0.0858. The third-order valence-electron chi connectivity index (χ3n) is 3.35. The molecule has 66 valence electrons. The van der Waals surface area contributed by atoms with Crippen molar-refractivity contribution in [2.45, 2.75) is 45.0 Å². The highest BCUT2D eigenvalue weighted by atomic mass is 16.8. The third-order valence-corrected chi connectivity index (χ3v) is 3.35. The van der Waals surface area contributed by atoms with Crippen LogP contribution in [0.2, 0.25) is 0 Å². The predicted molar refractivity (Wildman–Crippen MR) is 44.4 cm³/mol. The number of fused-ring (bicyclic) bond motifs is 2. The van der Waals surface area contributed by atoms with Gasteiger partial charge in [0.25, 0.3) is 0 Å². The van der Waals surface area contributed by atoms with Crippen LogP contribution in [-0.2, 0) is 9.47 Å². The molecule has 1 aliphatic carbocycles. The van der Waals surface area contributed by atoms with Crippen molar-refractivity contribution in [1.82, 2.24) is 0 Å². The molecule has 0 bridgehead atoms. The number of rotatable bonds is 0. The molecule has 1 saturated heterocycles. The van der Waals surface area contributed by atoms with Gasteiger partial charge in [-0.1, -0.05) is 6.92 Å². The molecule has 2 aliphatic heterocycles. The van der Waals surface area contributed by atoms with Crippen molar-refractivity contribution in [3.8, 4) is 0 Å². The van der Waals surface area contributed by atoms with Gasteiger partial charge in [-0.25, -0.2) is 0 Å². The number of ether oxygens (including phenoxy) is 2. The van der Waals surface area contributed by atoms with Gasteiger partial charge in [0.2, 0.25) is 6.29 Å². The van der Waals surface area contributed by atoms with Crippen LogP contribution in [0.15, 0.2) is 11.3 Å². The molecular formula is C10H14O2. The highest BCUT2D eigenvalue weighted by Gasteiger charge is 2.63. The van der Waals surface area contributed by atoms with E-state index in [2.05, 4.69) is 13.8 Å². The monoisotopic (exact) mass is 166 g/mol. The van der Waals surface area contributed by atoms with Gasteiger partial charge in [-0.3, -0.25) is 0 Å². The molecule has 0 N–H and O–H groups in total. The zero-order valence-corrected chi connectivity index (χ0v) is 7.59. The summed E-state index contributed by atoms with van der Waals surface area (Å²) < 4.78 is 11.1. The van der Waals surface area contributed by atoms with Gasteiger partial charge in [0.1, 0.15) is 5.76 Å².